The molecular weight excluding hydrogens is 455 g/mol. The van der Waals surface area contributed by atoms with Crippen LogP contribution in [0.25, 0.3) is 42.2 Å². The van der Waals surface area contributed by atoms with Crippen molar-refractivity contribution in [3.05, 3.63) is 71.9 Å². The molecule has 5 aromatic rings. The van der Waals surface area contributed by atoms with Gasteiger partial charge in [0.2, 0.25) is 0 Å². The van der Waals surface area contributed by atoms with Crippen LogP contribution in [-0.2, 0) is 0 Å². The number of fused-ring (bicyclic) bond motifs is 4. The first kappa shape index (κ1) is 20.7. The number of hydrogen-bond acceptors (Lipinski definition) is 2. The minimum atomic E-state index is -1.91. The van der Waals surface area contributed by atoms with Crippen molar-refractivity contribution < 1.29 is 0 Å². The molecule has 0 saturated carbocycles. The van der Waals surface area contributed by atoms with E-state index >= 15 is 0 Å². The Morgan fingerprint density at radius 2 is 1.58 bits per heavy atom. The number of rotatable bonds is 3. The molecule has 2 heterocycles. The van der Waals surface area contributed by atoms with Crippen LogP contribution >= 0.6 is 11.3 Å². The van der Waals surface area contributed by atoms with Crippen LogP contribution in [0.1, 0.15) is 30.9 Å². The average molecular weight is 484 g/mol. The van der Waals surface area contributed by atoms with E-state index in [0.29, 0.717) is 5.92 Å². The van der Waals surface area contributed by atoms with Gasteiger partial charge in [0, 0.05) is 0 Å². The molecule has 156 valence electrons. The van der Waals surface area contributed by atoms with E-state index in [9.17, 15) is 0 Å². The summed E-state index contributed by atoms with van der Waals surface area (Å²) in [5.41, 5.74) is 5.22. The van der Waals surface area contributed by atoms with Crippen LogP contribution in [0.5, 0.6) is 0 Å². The van der Waals surface area contributed by atoms with Gasteiger partial charge in [0.25, 0.3) is 0 Å². The molecule has 0 aliphatic heterocycles. The van der Waals surface area contributed by atoms with Crippen molar-refractivity contribution >= 4 is 59.9 Å². The molecule has 0 unspecified atom stereocenters. The summed E-state index contributed by atoms with van der Waals surface area (Å²) in [5, 5.41) is 5.35. The van der Waals surface area contributed by atoms with E-state index in [4.69, 9.17) is 4.98 Å². The molecule has 5 rings (SSSR count). The van der Waals surface area contributed by atoms with Crippen molar-refractivity contribution in [3.63, 3.8) is 0 Å². The number of nitrogens with zero attached hydrogens (tertiary/aromatic N) is 1. The molecule has 0 spiro atoms. The molecule has 31 heavy (non-hydrogen) atoms. The van der Waals surface area contributed by atoms with Gasteiger partial charge in [-0.1, -0.05) is 0 Å². The van der Waals surface area contributed by atoms with E-state index in [1.165, 1.54) is 47.6 Å². The number of pyridine rings is 1. The Kier molecular flexibility index (Phi) is 4.99. The minimum absolute atomic E-state index is 0.467. The summed E-state index contributed by atoms with van der Waals surface area (Å²) in [6.07, 6.45) is 1.99. The van der Waals surface area contributed by atoms with E-state index in [1.807, 2.05) is 17.5 Å². The third-order valence-electron chi connectivity index (χ3n) is 6.40. The van der Waals surface area contributed by atoms with Gasteiger partial charge >= 0.3 is 192 Å². The Morgan fingerprint density at radius 3 is 2.32 bits per heavy atom. The quantitative estimate of drug-likeness (QED) is 0.235. The average Bonchev–Trinajstić information content (AvgIpc) is 3.12. The van der Waals surface area contributed by atoms with Gasteiger partial charge in [-0.05, 0) is 0 Å². The normalized spacial score (nSPS) is 12.5. The monoisotopic (exact) mass is 485 g/mol. The van der Waals surface area contributed by atoms with E-state index in [0.717, 1.165) is 5.69 Å². The van der Waals surface area contributed by atoms with Crippen LogP contribution in [-0.4, -0.2) is 18.3 Å². The predicted octanol–water partition coefficient (Wildman–Crippen LogP) is 8.25. The summed E-state index contributed by atoms with van der Waals surface area (Å²) in [4.78, 5) is 4.90. The fourth-order valence-corrected chi connectivity index (χ4v) is 10.2. The molecule has 0 radical (unpaired) electrons. The van der Waals surface area contributed by atoms with Crippen molar-refractivity contribution in [2.75, 3.05) is 0 Å². The summed E-state index contributed by atoms with van der Waals surface area (Å²) in [6.45, 7) is 6.88. The zero-order valence-electron chi connectivity index (χ0n) is 19.2. The Morgan fingerprint density at radius 1 is 0.839 bits per heavy atom. The summed E-state index contributed by atoms with van der Waals surface area (Å²) < 4.78 is 4.36. The van der Waals surface area contributed by atoms with Crippen LogP contribution in [0.4, 0.5) is 0 Å². The number of hydrogen-bond donors (Lipinski definition) is 0. The van der Waals surface area contributed by atoms with Crippen LogP contribution in [0.3, 0.4) is 0 Å². The van der Waals surface area contributed by atoms with E-state index in [2.05, 4.69) is 92.6 Å². The molecule has 0 atom stereocenters. The molecule has 0 amide bonds. The Bertz CT molecular complexity index is 1450. The first-order valence-corrected chi connectivity index (χ1v) is 19.3. The third-order valence-corrected chi connectivity index (χ3v) is 12.3. The molecule has 0 saturated heterocycles. The second kappa shape index (κ2) is 7.46. The second-order valence-corrected chi connectivity index (χ2v) is 21.5. The standard InChI is InChI=1S/C28H29GeNS/c1-17(2)24-16-20(15-19-9-7-8-10-21(19)24)26-28-23(13-14-30-26)22-11-12-25(29(4,5)6)18(3)27(22)31-28/h7-17H,1-6H3. The van der Waals surface area contributed by atoms with Gasteiger partial charge in [-0.15, -0.1) is 0 Å². The van der Waals surface area contributed by atoms with E-state index in [-0.39, 0.29) is 0 Å². The Balaban J connectivity index is 1.82. The van der Waals surface area contributed by atoms with Crippen molar-refractivity contribution in [1.82, 2.24) is 4.98 Å². The molecule has 1 nitrogen and oxygen atoms in total. The zero-order valence-corrected chi connectivity index (χ0v) is 22.1. The number of aryl methyl sites for hydroxylation is 1. The molecular formula is C28H29GeNS. The first-order valence-electron chi connectivity index (χ1n) is 11.1. The van der Waals surface area contributed by atoms with Crippen LogP contribution in [0.15, 0.2) is 60.8 Å². The van der Waals surface area contributed by atoms with Crippen molar-refractivity contribution in [3.8, 4) is 11.3 Å². The van der Waals surface area contributed by atoms with Gasteiger partial charge in [-0.25, -0.2) is 0 Å². The Labute approximate surface area is 191 Å². The van der Waals surface area contributed by atoms with Crippen LogP contribution < -0.4 is 4.40 Å². The molecule has 0 bridgehead atoms. The first-order chi connectivity index (χ1) is 14.8. The molecule has 3 heteroatoms. The van der Waals surface area contributed by atoms with Crippen LogP contribution in [0.2, 0.25) is 17.3 Å². The summed E-state index contributed by atoms with van der Waals surface area (Å²) in [7, 11) is 0. The summed E-state index contributed by atoms with van der Waals surface area (Å²) in [5.74, 6) is 7.92. The summed E-state index contributed by atoms with van der Waals surface area (Å²) in [6, 6.07) is 20.4. The third kappa shape index (κ3) is 3.41. The number of aromatic nitrogens is 1. The molecule has 0 N–H and O–H groups in total. The number of thiophene rings is 1. The van der Waals surface area contributed by atoms with Gasteiger partial charge < -0.3 is 0 Å². The van der Waals surface area contributed by atoms with Gasteiger partial charge in [0.05, 0.1) is 0 Å². The van der Waals surface area contributed by atoms with Crippen molar-refractivity contribution in [2.24, 2.45) is 0 Å². The Hall–Kier alpha value is -2.17. The fraction of sp³-hybridized carbons (Fsp3) is 0.250. The van der Waals surface area contributed by atoms with Crippen LogP contribution in [0, 0.1) is 6.92 Å². The van der Waals surface area contributed by atoms with Gasteiger partial charge in [-0.2, -0.15) is 0 Å². The topological polar surface area (TPSA) is 12.9 Å². The van der Waals surface area contributed by atoms with Gasteiger partial charge in [0.15, 0.2) is 0 Å². The molecule has 3 aromatic carbocycles. The van der Waals surface area contributed by atoms with E-state index < -0.39 is 13.3 Å². The van der Waals surface area contributed by atoms with Crippen molar-refractivity contribution in [2.45, 2.75) is 44.0 Å². The molecule has 2 aromatic heterocycles. The predicted molar refractivity (Wildman–Crippen MR) is 142 cm³/mol. The second-order valence-electron chi connectivity index (χ2n) is 9.94. The summed E-state index contributed by atoms with van der Waals surface area (Å²) >= 11 is 0.0140. The fourth-order valence-electron chi connectivity index (χ4n) is 4.87. The molecule has 0 aliphatic rings. The van der Waals surface area contributed by atoms with Gasteiger partial charge in [-0.3, -0.25) is 0 Å². The van der Waals surface area contributed by atoms with Crippen molar-refractivity contribution in [1.29, 1.82) is 0 Å². The number of benzene rings is 3. The maximum absolute atomic E-state index is 4.90. The SMILES string of the molecule is Cc1[c]([Ge]([CH3])([CH3])[CH3])ccc2c1sc1c(-c3cc(C(C)C)c4ccccc4c3)nccc12. The van der Waals surface area contributed by atoms with Gasteiger partial charge in [0.1, 0.15) is 0 Å². The van der Waals surface area contributed by atoms with E-state index in [1.54, 1.807) is 4.40 Å². The zero-order chi connectivity index (χ0) is 21.9. The maximum atomic E-state index is 4.90. The molecule has 0 fully saturated rings. The molecule has 0 aliphatic carbocycles.